The van der Waals surface area contributed by atoms with E-state index in [1.807, 2.05) is 0 Å². The van der Waals surface area contributed by atoms with Crippen LogP contribution in [-0.4, -0.2) is 31.7 Å². The van der Waals surface area contributed by atoms with Gasteiger partial charge in [0.25, 0.3) is 0 Å². The van der Waals surface area contributed by atoms with Crippen LogP contribution in [-0.2, 0) is 19.1 Å². The molecular formula is C11H17NO4. The number of carbonyl (C=O) groups excluding carboxylic acids is 2. The molecule has 1 aliphatic rings. The summed E-state index contributed by atoms with van der Waals surface area (Å²) in [5, 5.41) is 3.01. The van der Waals surface area contributed by atoms with Gasteiger partial charge in [0.05, 0.1) is 13.2 Å². The summed E-state index contributed by atoms with van der Waals surface area (Å²) in [6, 6.07) is 0. The summed E-state index contributed by atoms with van der Waals surface area (Å²) < 4.78 is 9.69. The monoisotopic (exact) mass is 227 g/mol. The maximum absolute atomic E-state index is 11.6. The molecule has 5 nitrogen and oxygen atoms in total. The molecule has 0 aromatic rings. The Balaban J connectivity index is 2.88. The summed E-state index contributed by atoms with van der Waals surface area (Å²) in [5.74, 6) is -1.21. The van der Waals surface area contributed by atoms with Gasteiger partial charge in [0, 0.05) is 12.2 Å². The van der Waals surface area contributed by atoms with Crippen molar-refractivity contribution in [1.29, 1.82) is 0 Å². The van der Waals surface area contributed by atoms with E-state index in [1.54, 1.807) is 13.8 Å². The van der Waals surface area contributed by atoms with Gasteiger partial charge in [0.2, 0.25) is 0 Å². The maximum atomic E-state index is 11.6. The van der Waals surface area contributed by atoms with E-state index in [4.69, 9.17) is 9.47 Å². The van der Waals surface area contributed by atoms with Crippen molar-refractivity contribution in [3.8, 4) is 0 Å². The molecular weight excluding hydrogens is 210 g/mol. The highest BCUT2D eigenvalue weighted by molar-refractivity contribution is 6.14. The molecule has 16 heavy (non-hydrogen) atoms. The van der Waals surface area contributed by atoms with Gasteiger partial charge in [-0.2, -0.15) is 0 Å². The fourth-order valence-corrected chi connectivity index (χ4v) is 1.54. The molecule has 0 spiro atoms. The van der Waals surface area contributed by atoms with Crippen molar-refractivity contribution in [3.05, 3.63) is 11.3 Å². The lowest BCUT2D eigenvalue weighted by atomic mass is 10.1. The van der Waals surface area contributed by atoms with E-state index in [1.165, 1.54) is 0 Å². The van der Waals surface area contributed by atoms with Crippen LogP contribution in [0.1, 0.15) is 26.7 Å². The largest absolute Gasteiger partial charge is 0.462 e. The molecule has 0 unspecified atom stereocenters. The molecule has 0 amide bonds. The lowest BCUT2D eigenvalue weighted by molar-refractivity contribution is -0.146. The van der Waals surface area contributed by atoms with Gasteiger partial charge in [-0.25, -0.2) is 9.59 Å². The second kappa shape index (κ2) is 6.15. The second-order valence-corrected chi connectivity index (χ2v) is 3.32. The molecule has 0 aliphatic carbocycles. The summed E-state index contributed by atoms with van der Waals surface area (Å²) in [4.78, 5) is 23.3. The lowest BCUT2D eigenvalue weighted by Gasteiger charge is -2.09. The summed E-state index contributed by atoms with van der Waals surface area (Å²) in [5.41, 5.74) is 0.651. The molecule has 0 saturated carbocycles. The molecule has 1 N–H and O–H groups in total. The van der Waals surface area contributed by atoms with Crippen LogP contribution in [0.2, 0.25) is 0 Å². The number of hydrogen-bond donors (Lipinski definition) is 1. The van der Waals surface area contributed by atoms with E-state index in [0.29, 0.717) is 12.1 Å². The molecule has 1 fully saturated rings. The first-order chi connectivity index (χ1) is 7.70. The van der Waals surface area contributed by atoms with Crippen LogP contribution < -0.4 is 5.32 Å². The fraction of sp³-hybridized carbons (Fsp3) is 0.636. The quantitative estimate of drug-likeness (QED) is 0.332. The molecule has 0 radical (unpaired) electrons. The van der Waals surface area contributed by atoms with Crippen molar-refractivity contribution in [3.63, 3.8) is 0 Å². The van der Waals surface area contributed by atoms with E-state index in [-0.39, 0.29) is 18.8 Å². The lowest BCUT2D eigenvalue weighted by Crippen LogP contribution is -2.23. The van der Waals surface area contributed by atoms with E-state index in [0.717, 1.165) is 13.0 Å². The van der Waals surface area contributed by atoms with Crippen molar-refractivity contribution in [2.24, 2.45) is 0 Å². The first-order valence-corrected chi connectivity index (χ1v) is 5.52. The van der Waals surface area contributed by atoms with Crippen LogP contribution in [0, 0.1) is 0 Å². The number of nitrogens with one attached hydrogen (secondary N) is 1. The SMILES string of the molecule is CCOC(=O)C(C(=O)OCC)=C1CCCN1. The van der Waals surface area contributed by atoms with Gasteiger partial charge in [-0.15, -0.1) is 0 Å². The zero-order valence-electron chi connectivity index (χ0n) is 9.67. The highest BCUT2D eigenvalue weighted by atomic mass is 16.6. The number of carbonyl (C=O) groups is 2. The zero-order chi connectivity index (χ0) is 12.0. The summed E-state index contributed by atoms with van der Waals surface area (Å²) in [6.07, 6.45) is 1.60. The predicted molar refractivity (Wildman–Crippen MR) is 57.5 cm³/mol. The molecule has 1 heterocycles. The minimum absolute atomic E-state index is 0.0150. The number of ether oxygens (including phenoxy) is 2. The molecule has 0 atom stereocenters. The van der Waals surface area contributed by atoms with Crippen LogP contribution in [0.15, 0.2) is 11.3 Å². The third-order valence-corrected chi connectivity index (χ3v) is 2.20. The van der Waals surface area contributed by atoms with E-state index in [2.05, 4.69) is 5.32 Å². The van der Waals surface area contributed by atoms with Gasteiger partial charge in [-0.05, 0) is 26.7 Å². The Morgan fingerprint density at radius 2 is 1.75 bits per heavy atom. The van der Waals surface area contributed by atoms with Crippen LogP contribution in [0.25, 0.3) is 0 Å². The zero-order valence-corrected chi connectivity index (χ0v) is 9.67. The number of esters is 2. The molecule has 90 valence electrons. The van der Waals surface area contributed by atoms with E-state index >= 15 is 0 Å². The van der Waals surface area contributed by atoms with E-state index < -0.39 is 11.9 Å². The topological polar surface area (TPSA) is 64.6 Å². The van der Waals surface area contributed by atoms with Crippen LogP contribution in [0.3, 0.4) is 0 Å². The Kier molecular flexibility index (Phi) is 4.82. The highest BCUT2D eigenvalue weighted by Crippen LogP contribution is 2.16. The van der Waals surface area contributed by atoms with Crippen LogP contribution in [0.5, 0.6) is 0 Å². The average molecular weight is 227 g/mol. The molecule has 0 aromatic heterocycles. The van der Waals surface area contributed by atoms with Gasteiger partial charge in [0.1, 0.15) is 0 Å². The molecule has 1 saturated heterocycles. The van der Waals surface area contributed by atoms with Crippen molar-refractivity contribution in [2.75, 3.05) is 19.8 Å². The van der Waals surface area contributed by atoms with Gasteiger partial charge in [-0.1, -0.05) is 0 Å². The standard InChI is InChI=1S/C11H17NO4/c1-3-15-10(13)9(11(14)16-4-2)8-6-5-7-12-8/h12H,3-7H2,1-2H3. The Bertz CT molecular complexity index is 281. The summed E-state index contributed by atoms with van der Waals surface area (Å²) in [7, 11) is 0. The first-order valence-electron chi connectivity index (χ1n) is 5.52. The smallest absolute Gasteiger partial charge is 0.347 e. The normalized spacial score (nSPS) is 14.2. The number of allylic oxidation sites excluding steroid dienone is 1. The summed E-state index contributed by atoms with van der Waals surface area (Å²) >= 11 is 0. The van der Waals surface area contributed by atoms with Gasteiger partial charge < -0.3 is 14.8 Å². The van der Waals surface area contributed by atoms with Crippen molar-refractivity contribution in [2.45, 2.75) is 26.7 Å². The Labute approximate surface area is 94.8 Å². The molecule has 1 aliphatic heterocycles. The van der Waals surface area contributed by atoms with Crippen molar-refractivity contribution in [1.82, 2.24) is 5.32 Å². The molecule has 0 aromatic carbocycles. The van der Waals surface area contributed by atoms with Crippen molar-refractivity contribution >= 4 is 11.9 Å². The Morgan fingerprint density at radius 3 is 2.12 bits per heavy atom. The Hall–Kier alpha value is -1.52. The van der Waals surface area contributed by atoms with Crippen LogP contribution in [0.4, 0.5) is 0 Å². The highest BCUT2D eigenvalue weighted by Gasteiger charge is 2.27. The van der Waals surface area contributed by atoms with Crippen molar-refractivity contribution < 1.29 is 19.1 Å². The van der Waals surface area contributed by atoms with E-state index in [9.17, 15) is 9.59 Å². The third kappa shape index (κ3) is 2.98. The maximum Gasteiger partial charge on any atom is 0.347 e. The number of rotatable bonds is 4. The van der Waals surface area contributed by atoms with Gasteiger partial charge in [0.15, 0.2) is 5.57 Å². The van der Waals surface area contributed by atoms with Crippen LogP contribution >= 0.6 is 0 Å². The van der Waals surface area contributed by atoms with Gasteiger partial charge >= 0.3 is 11.9 Å². The number of hydrogen-bond acceptors (Lipinski definition) is 5. The molecule has 5 heteroatoms. The average Bonchev–Trinajstić information content (AvgIpc) is 2.72. The second-order valence-electron chi connectivity index (χ2n) is 3.32. The summed E-state index contributed by atoms with van der Waals surface area (Å²) in [6.45, 7) is 4.67. The van der Waals surface area contributed by atoms with Gasteiger partial charge in [-0.3, -0.25) is 0 Å². The predicted octanol–water partition coefficient (Wildman–Crippen LogP) is 0.750. The minimum atomic E-state index is -0.606. The molecule has 0 bridgehead atoms. The Morgan fingerprint density at radius 1 is 1.19 bits per heavy atom. The third-order valence-electron chi connectivity index (χ3n) is 2.20. The first kappa shape index (κ1) is 12.5. The minimum Gasteiger partial charge on any atom is -0.462 e. The molecule has 1 rings (SSSR count). The fourth-order valence-electron chi connectivity index (χ4n) is 1.54.